The first-order valence-electron chi connectivity index (χ1n) is 4.48. The normalized spacial score (nSPS) is 13.1. The highest BCUT2D eigenvalue weighted by atomic mass is 19.1. The van der Waals surface area contributed by atoms with E-state index in [-0.39, 0.29) is 11.3 Å². The van der Waals surface area contributed by atoms with Crippen molar-refractivity contribution in [2.24, 2.45) is 4.99 Å². The lowest BCUT2D eigenvalue weighted by Crippen LogP contribution is -2.00. The number of aromatic nitrogens is 1. The molecule has 0 spiro atoms. The van der Waals surface area contributed by atoms with Crippen LogP contribution in [0.2, 0.25) is 0 Å². The van der Waals surface area contributed by atoms with Crippen molar-refractivity contribution < 1.29 is 8.78 Å². The van der Waals surface area contributed by atoms with Crippen molar-refractivity contribution in [3.8, 4) is 6.19 Å². The molecule has 0 saturated carbocycles. The maximum Gasteiger partial charge on any atom is 0.235 e. The molecule has 0 fully saturated rings. The van der Waals surface area contributed by atoms with Gasteiger partial charge in [-0.15, -0.1) is 4.99 Å². The van der Waals surface area contributed by atoms with Crippen LogP contribution in [0.1, 0.15) is 18.2 Å². The second kappa shape index (κ2) is 5.12. The molecule has 0 N–H and O–H groups in total. The number of rotatable bonds is 2. The van der Waals surface area contributed by atoms with Crippen molar-refractivity contribution in [3.63, 3.8) is 0 Å². The first-order chi connectivity index (χ1) is 7.56. The number of nitrogens with zero attached hydrogens (tertiary/aromatic N) is 3. The molecule has 1 aromatic heterocycles. The van der Waals surface area contributed by atoms with Crippen LogP contribution in [0, 0.1) is 18.4 Å². The monoisotopic (exact) mass is 221 g/mol. The molecular formula is C11H9F2N3. The molecule has 0 saturated heterocycles. The minimum absolute atomic E-state index is 0.122. The third kappa shape index (κ3) is 2.70. The van der Waals surface area contributed by atoms with Gasteiger partial charge in [0.15, 0.2) is 0 Å². The van der Waals surface area contributed by atoms with Gasteiger partial charge in [-0.05, 0) is 31.5 Å². The number of pyridine rings is 1. The van der Waals surface area contributed by atoms with E-state index < -0.39 is 11.8 Å². The minimum Gasteiger partial charge on any atom is -0.256 e. The Morgan fingerprint density at radius 3 is 2.69 bits per heavy atom. The number of halogens is 2. The average Bonchev–Trinajstić information content (AvgIpc) is 2.17. The van der Waals surface area contributed by atoms with Gasteiger partial charge in [0.05, 0.1) is 11.3 Å². The summed E-state index contributed by atoms with van der Waals surface area (Å²) >= 11 is 0. The summed E-state index contributed by atoms with van der Waals surface area (Å²) in [7, 11) is 0. The standard InChI is InChI=1S/C11H9F2N3/c1-7-3-4-15-9(5-7)10(8(2)12)11(13)16-6-14/h3-5H,1-2H3. The largest absolute Gasteiger partial charge is 0.256 e. The van der Waals surface area contributed by atoms with E-state index in [9.17, 15) is 8.78 Å². The average molecular weight is 221 g/mol. The molecule has 5 heteroatoms. The van der Waals surface area contributed by atoms with E-state index in [0.717, 1.165) is 12.5 Å². The van der Waals surface area contributed by atoms with Gasteiger partial charge in [-0.1, -0.05) is 0 Å². The van der Waals surface area contributed by atoms with Crippen molar-refractivity contribution in [2.45, 2.75) is 13.8 Å². The molecule has 1 heterocycles. The zero-order valence-electron chi connectivity index (χ0n) is 8.83. The minimum atomic E-state index is -1.17. The SMILES string of the molecule is CC(F)=C(C(F)=NC#N)c1cc(C)ccn1. The molecule has 1 rings (SSSR count). The van der Waals surface area contributed by atoms with Crippen molar-refractivity contribution in [1.29, 1.82) is 5.26 Å². The molecule has 0 aromatic carbocycles. The van der Waals surface area contributed by atoms with E-state index in [1.165, 1.54) is 18.5 Å². The number of allylic oxidation sites excluding steroid dienone is 2. The molecule has 0 unspecified atom stereocenters. The van der Waals surface area contributed by atoms with Crippen molar-refractivity contribution in [2.75, 3.05) is 0 Å². The summed E-state index contributed by atoms with van der Waals surface area (Å²) in [6, 6.07) is 3.22. The van der Waals surface area contributed by atoms with Crippen LogP contribution >= 0.6 is 0 Å². The van der Waals surface area contributed by atoms with Gasteiger partial charge in [0.1, 0.15) is 5.83 Å². The Balaban J connectivity index is 3.32. The van der Waals surface area contributed by atoms with E-state index >= 15 is 0 Å². The smallest absolute Gasteiger partial charge is 0.235 e. The highest BCUT2D eigenvalue weighted by molar-refractivity contribution is 6.19. The summed E-state index contributed by atoms with van der Waals surface area (Å²) in [6.45, 7) is 2.86. The molecule has 0 radical (unpaired) electrons. The van der Waals surface area contributed by atoms with Gasteiger partial charge < -0.3 is 0 Å². The lowest BCUT2D eigenvalue weighted by atomic mass is 10.1. The molecule has 16 heavy (non-hydrogen) atoms. The third-order valence-electron chi connectivity index (χ3n) is 1.87. The maximum atomic E-state index is 13.3. The Morgan fingerprint density at radius 1 is 1.50 bits per heavy atom. The second-order valence-corrected chi connectivity index (χ2v) is 3.13. The number of aryl methyl sites for hydroxylation is 1. The molecule has 0 aliphatic carbocycles. The van der Waals surface area contributed by atoms with Crippen LogP contribution in [0.3, 0.4) is 0 Å². The molecule has 0 atom stereocenters. The molecule has 0 aliphatic rings. The summed E-state index contributed by atoms with van der Waals surface area (Å²) < 4.78 is 26.5. The molecule has 0 bridgehead atoms. The van der Waals surface area contributed by atoms with Crippen LogP contribution in [0.25, 0.3) is 5.57 Å². The quantitative estimate of drug-likeness (QED) is 0.569. The van der Waals surface area contributed by atoms with Gasteiger partial charge >= 0.3 is 0 Å². The number of nitriles is 1. The summed E-state index contributed by atoms with van der Waals surface area (Å²) in [5.74, 6) is -1.93. The summed E-state index contributed by atoms with van der Waals surface area (Å²) in [4.78, 5) is 6.71. The van der Waals surface area contributed by atoms with Gasteiger partial charge in [0, 0.05) is 6.20 Å². The molecule has 0 aliphatic heterocycles. The van der Waals surface area contributed by atoms with Crippen molar-refractivity contribution in [3.05, 3.63) is 35.4 Å². The van der Waals surface area contributed by atoms with Crippen LogP contribution in [0.4, 0.5) is 8.78 Å². The maximum absolute atomic E-state index is 13.3. The van der Waals surface area contributed by atoms with Crippen LogP contribution in [-0.4, -0.2) is 10.9 Å². The van der Waals surface area contributed by atoms with Gasteiger partial charge in [0.2, 0.25) is 12.2 Å². The predicted octanol–water partition coefficient (Wildman–Crippen LogP) is 2.94. The Labute approximate surface area is 91.8 Å². The van der Waals surface area contributed by atoms with Crippen molar-refractivity contribution >= 4 is 11.5 Å². The molecule has 0 amide bonds. The number of aliphatic imine (C=N–C) groups is 1. The van der Waals surface area contributed by atoms with Gasteiger partial charge in [-0.3, -0.25) is 4.98 Å². The first kappa shape index (κ1) is 12.0. The predicted molar refractivity (Wildman–Crippen MR) is 56.8 cm³/mol. The molecule has 3 nitrogen and oxygen atoms in total. The summed E-state index contributed by atoms with van der Waals surface area (Å²) in [5.41, 5.74) is 0.551. The first-order valence-corrected chi connectivity index (χ1v) is 4.48. The van der Waals surface area contributed by atoms with Gasteiger partial charge in [-0.2, -0.15) is 9.65 Å². The Hall–Kier alpha value is -2.09. The fourth-order valence-electron chi connectivity index (χ4n) is 1.20. The van der Waals surface area contributed by atoms with E-state index in [1.54, 1.807) is 13.0 Å². The summed E-state index contributed by atoms with van der Waals surface area (Å²) in [5, 5.41) is 8.23. The highest BCUT2D eigenvalue weighted by Gasteiger charge is 2.15. The third-order valence-corrected chi connectivity index (χ3v) is 1.87. The Morgan fingerprint density at radius 2 is 2.19 bits per heavy atom. The molecule has 1 aromatic rings. The lowest BCUT2D eigenvalue weighted by molar-refractivity contribution is 0.643. The van der Waals surface area contributed by atoms with Crippen LogP contribution in [0.15, 0.2) is 29.1 Å². The highest BCUT2D eigenvalue weighted by Crippen LogP contribution is 2.21. The topological polar surface area (TPSA) is 49.0 Å². The second-order valence-electron chi connectivity index (χ2n) is 3.13. The molecule has 82 valence electrons. The van der Waals surface area contributed by atoms with E-state index in [1.807, 2.05) is 0 Å². The molecular weight excluding hydrogens is 212 g/mol. The lowest BCUT2D eigenvalue weighted by Gasteiger charge is -2.03. The Kier molecular flexibility index (Phi) is 3.84. The fourth-order valence-corrected chi connectivity index (χ4v) is 1.20. The number of hydrogen-bond acceptors (Lipinski definition) is 3. The van der Waals surface area contributed by atoms with Crippen molar-refractivity contribution in [1.82, 2.24) is 4.98 Å². The number of hydrogen-bond donors (Lipinski definition) is 0. The fraction of sp³-hybridized carbons (Fsp3) is 0.182. The van der Waals surface area contributed by atoms with Gasteiger partial charge in [0.25, 0.3) is 0 Å². The van der Waals surface area contributed by atoms with E-state index in [4.69, 9.17) is 5.26 Å². The Bertz CT molecular complexity index is 494. The zero-order chi connectivity index (χ0) is 12.1. The zero-order valence-corrected chi connectivity index (χ0v) is 8.83. The van der Waals surface area contributed by atoms with Crippen LogP contribution in [0.5, 0.6) is 0 Å². The summed E-state index contributed by atoms with van der Waals surface area (Å²) in [6.07, 6.45) is 2.71. The van der Waals surface area contributed by atoms with E-state index in [0.29, 0.717) is 0 Å². The van der Waals surface area contributed by atoms with E-state index in [2.05, 4.69) is 9.98 Å². The van der Waals surface area contributed by atoms with Crippen LogP contribution < -0.4 is 0 Å². The van der Waals surface area contributed by atoms with Crippen LogP contribution in [-0.2, 0) is 0 Å². The van der Waals surface area contributed by atoms with Gasteiger partial charge in [-0.25, -0.2) is 4.39 Å².